The van der Waals surface area contributed by atoms with Crippen LogP contribution >= 0.6 is 0 Å². The Hall–Kier alpha value is -1.50. The van der Waals surface area contributed by atoms with Crippen molar-refractivity contribution in [1.82, 2.24) is 0 Å². The molecular formula is C7H9NO5. The van der Waals surface area contributed by atoms with Gasteiger partial charge in [-0.1, -0.05) is 6.58 Å². The molecule has 0 spiro atoms. The second kappa shape index (κ2) is 3.94. The molecule has 0 fully saturated rings. The number of amides is 1. The number of allylic oxidation sites excluding steroid dienone is 2. The minimum absolute atomic E-state index is 0.481. The zero-order valence-corrected chi connectivity index (χ0v) is 6.60. The van der Waals surface area contributed by atoms with Crippen LogP contribution in [0.3, 0.4) is 0 Å². The predicted molar refractivity (Wildman–Crippen MR) is 41.9 cm³/mol. The molecule has 0 aromatic carbocycles. The van der Waals surface area contributed by atoms with Crippen LogP contribution in [0.5, 0.6) is 0 Å². The molecule has 0 bridgehead atoms. The summed E-state index contributed by atoms with van der Waals surface area (Å²) >= 11 is 0. The van der Waals surface area contributed by atoms with Gasteiger partial charge in [0.2, 0.25) is 0 Å². The van der Waals surface area contributed by atoms with Crippen LogP contribution in [0.25, 0.3) is 0 Å². The summed E-state index contributed by atoms with van der Waals surface area (Å²) in [6.45, 7) is 3.06. The molecule has 0 aromatic heterocycles. The lowest BCUT2D eigenvalue weighted by atomic mass is 10.1. The molecule has 72 valence electrons. The number of aliphatic hydroxyl groups is 3. The topological polar surface area (TPSA) is 121 Å². The predicted octanol–water partition coefficient (Wildman–Crippen LogP) is -2.22. The van der Waals surface area contributed by atoms with E-state index in [1.54, 1.807) is 0 Å². The standard InChI is InChI=1S/C7H9NO5/c1-2-4(9)3-5(6(8)10)7(11,12)13/h2-3,11-13H,1H2,(H2,8,10). The van der Waals surface area contributed by atoms with Gasteiger partial charge >= 0.3 is 5.97 Å². The van der Waals surface area contributed by atoms with Gasteiger partial charge in [-0.15, -0.1) is 0 Å². The quantitative estimate of drug-likeness (QED) is 0.293. The van der Waals surface area contributed by atoms with Gasteiger partial charge in [0.25, 0.3) is 5.91 Å². The summed E-state index contributed by atoms with van der Waals surface area (Å²) in [7, 11) is 0. The van der Waals surface area contributed by atoms with Crippen LogP contribution in [-0.4, -0.2) is 33.0 Å². The Morgan fingerprint density at radius 3 is 2.00 bits per heavy atom. The lowest BCUT2D eigenvalue weighted by Gasteiger charge is -2.14. The minimum Gasteiger partial charge on any atom is -0.366 e. The molecule has 0 heterocycles. The number of primary amides is 1. The maximum atomic E-state index is 10.6. The number of nitrogens with two attached hydrogens (primary N) is 1. The van der Waals surface area contributed by atoms with Gasteiger partial charge in [0.1, 0.15) is 5.57 Å². The largest absolute Gasteiger partial charge is 0.366 e. The molecule has 5 N–H and O–H groups in total. The molecule has 0 aliphatic rings. The number of carbonyl (C=O) groups excluding carboxylic acids is 2. The van der Waals surface area contributed by atoms with Crippen LogP contribution in [0.15, 0.2) is 24.3 Å². The Bertz CT molecular complexity index is 273. The van der Waals surface area contributed by atoms with Gasteiger partial charge in [0, 0.05) is 6.08 Å². The van der Waals surface area contributed by atoms with Crippen LogP contribution in [0, 0.1) is 0 Å². The van der Waals surface area contributed by atoms with Crippen LogP contribution in [0.4, 0.5) is 0 Å². The van der Waals surface area contributed by atoms with Gasteiger partial charge in [-0.2, -0.15) is 0 Å². The third-order valence-electron chi connectivity index (χ3n) is 1.11. The third-order valence-corrected chi connectivity index (χ3v) is 1.11. The zero-order valence-electron chi connectivity index (χ0n) is 6.60. The van der Waals surface area contributed by atoms with Crippen LogP contribution in [-0.2, 0) is 9.59 Å². The maximum Gasteiger partial charge on any atom is 0.310 e. The molecule has 6 heteroatoms. The Balaban J connectivity index is 5.04. The normalized spacial score (nSPS) is 12.4. The van der Waals surface area contributed by atoms with Gasteiger partial charge in [-0.3, -0.25) is 9.59 Å². The van der Waals surface area contributed by atoms with E-state index in [-0.39, 0.29) is 0 Å². The van der Waals surface area contributed by atoms with E-state index in [1.807, 2.05) is 0 Å². The molecule has 0 aliphatic heterocycles. The summed E-state index contributed by atoms with van der Waals surface area (Å²) < 4.78 is 0. The fourth-order valence-electron chi connectivity index (χ4n) is 0.534. The van der Waals surface area contributed by atoms with Crippen LogP contribution in [0.1, 0.15) is 0 Å². The molecule has 0 atom stereocenters. The lowest BCUT2D eigenvalue weighted by molar-refractivity contribution is -0.280. The highest BCUT2D eigenvalue weighted by Gasteiger charge is 2.30. The number of ketones is 1. The monoisotopic (exact) mass is 187 g/mol. The molecule has 0 radical (unpaired) electrons. The molecule has 1 amide bonds. The molecule has 0 aromatic rings. The molecular weight excluding hydrogens is 178 g/mol. The van der Waals surface area contributed by atoms with Gasteiger partial charge in [-0.05, 0) is 6.08 Å². The number of carbonyl (C=O) groups is 2. The Morgan fingerprint density at radius 2 is 1.77 bits per heavy atom. The van der Waals surface area contributed by atoms with Crippen molar-refractivity contribution in [3.63, 3.8) is 0 Å². The smallest absolute Gasteiger partial charge is 0.310 e. The van der Waals surface area contributed by atoms with Gasteiger partial charge in [0.15, 0.2) is 5.78 Å². The first-order valence-corrected chi connectivity index (χ1v) is 3.14. The first kappa shape index (κ1) is 11.5. The average molecular weight is 187 g/mol. The van der Waals surface area contributed by atoms with Gasteiger partial charge < -0.3 is 21.1 Å². The van der Waals surface area contributed by atoms with E-state index in [2.05, 4.69) is 12.3 Å². The summed E-state index contributed by atoms with van der Waals surface area (Å²) in [5, 5.41) is 25.6. The van der Waals surface area contributed by atoms with E-state index in [9.17, 15) is 9.59 Å². The Morgan fingerprint density at radius 1 is 1.31 bits per heavy atom. The number of hydrogen-bond donors (Lipinski definition) is 4. The maximum absolute atomic E-state index is 10.6. The van der Waals surface area contributed by atoms with Crippen molar-refractivity contribution in [2.45, 2.75) is 5.97 Å². The molecule has 0 aliphatic carbocycles. The highest BCUT2D eigenvalue weighted by molar-refractivity contribution is 6.06. The fraction of sp³-hybridized carbons (Fsp3) is 0.143. The third kappa shape index (κ3) is 3.61. The molecule has 6 nitrogen and oxygen atoms in total. The summed E-state index contributed by atoms with van der Waals surface area (Å²) in [6, 6.07) is 0. The van der Waals surface area contributed by atoms with Gasteiger partial charge in [-0.25, -0.2) is 0 Å². The van der Waals surface area contributed by atoms with Crippen molar-refractivity contribution >= 4 is 11.7 Å². The fourth-order valence-corrected chi connectivity index (χ4v) is 0.534. The second-order valence-electron chi connectivity index (χ2n) is 2.16. The Labute approximate surface area is 73.6 Å². The van der Waals surface area contributed by atoms with Crippen LogP contribution in [0.2, 0.25) is 0 Å². The summed E-state index contributed by atoms with van der Waals surface area (Å²) in [4.78, 5) is 21.1. The van der Waals surface area contributed by atoms with Crippen molar-refractivity contribution in [2.24, 2.45) is 5.73 Å². The SMILES string of the molecule is C=CC(=O)C=C(C(N)=O)C(O)(O)O. The second-order valence-corrected chi connectivity index (χ2v) is 2.16. The molecule has 13 heavy (non-hydrogen) atoms. The van der Waals surface area contributed by atoms with E-state index in [4.69, 9.17) is 15.3 Å². The van der Waals surface area contributed by atoms with Crippen molar-refractivity contribution in [3.05, 3.63) is 24.3 Å². The first-order chi connectivity index (χ1) is 5.79. The van der Waals surface area contributed by atoms with E-state index in [0.717, 1.165) is 6.08 Å². The number of hydrogen-bond acceptors (Lipinski definition) is 5. The molecule has 0 unspecified atom stereocenters. The molecule has 0 saturated carbocycles. The highest BCUT2D eigenvalue weighted by atomic mass is 16.7. The summed E-state index contributed by atoms with van der Waals surface area (Å²) in [5.41, 5.74) is 3.64. The van der Waals surface area contributed by atoms with E-state index < -0.39 is 23.2 Å². The van der Waals surface area contributed by atoms with Crippen LogP contribution < -0.4 is 5.73 Å². The average Bonchev–Trinajstić information content (AvgIpc) is 1.96. The van der Waals surface area contributed by atoms with Crippen molar-refractivity contribution < 1.29 is 24.9 Å². The minimum atomic E-state index is -3.41. The zero-order chi connectivity index (χ0) is 10.6. The van der Waals surface area contributed by atoms with Crippen molar-refractivity contribution in [3.8, 4) is 0 Å². The van der Waals surface area contributed by atoms with E-state index >= 15 is 0 Å². The summed E-state index contributed by atoms with van der Waals surface area (Å²) in [5.74, 6) is -5.51. The first-order valence-electron chi connectivity index (χ1n) is 3.14. The highest BCUT2D eigenvalue weighted by Crippen LogP contribution is 2.09. The van der Waals surface area contributed by atoms with Crippen molar-refractivity contribution in [2.75, 3.05) is 0 Å². The van der Waals surface area contributed by atoms with E-state index in [1.165, 1.54) is 0 Å². The molecule has 0 saturated heterocycles. The molecule has 0 rings (SSSR count). The van der Waals surface area contributed by atoms with Crippen molar-refractivity contribution in [1.29, 1.82) is 0 Å². The Kier molecular flexibility index (Phi) is 3.49. The number of rotatable bonds is 4. The lowest BCUT2D eigenvalue weighted by Crippen LogP contribution is -2.37. The van der Waals surface area contributed by atoms with Gasteiger partial charge in [0.05, 0.1) is 0 Å². The summed E-state index contributed by atoms with van der Waals surface area (Å²) in [6.07, 6.45) is 1.30. The van der Waals surface area contributed by atoms with E-state index in [0.29, 0.717) is 6.08 Å².